The predicted octanol–water partition coefficient (Wildman–Crippen LogP) is 8.24. The average molecular weight is 746 g/mol. The van der Waals surface area contributed by atoms with Gasteiger partial charge >= 0.3 is 0 Å². The molecule has 1 aliphatic rings. The maximum absolute atomic E-state index is 14.3. The van der Waals surface area contributed by atoms with Crippen LogP contribution in [0.1, 0.15) is 38.9 Å². The summed E-state index contributed by atoms with van der Waals surface area (Å²) in [5.74, 6) is -0.156. The molecule has 0 bridgehead atoms. The fourth-order valence-corrected chi connectivity index (χ4v) is 6.74. The van der Waals surface area contributed by atoms with Crippen LogP contribution in [0.5, 0.6) is 0 Å². The Kier molecular flexibility index (Phi) is 11.7. The number of amides is 2. The molecule has 0 aliphatic carbocycles. The third kappa shape index (κ3) is 9.22. The lowest BCUT2D eigenvalue weighted by Gasteiger charge is -2.39. The Hall–Kier alpha value is -6.95. The third-order valence-electron chi connectivity index (χ3n) is 9.60. The van der Waals surface area contributed by atoms with E-state index < -0.39 is 16.9 Å². The average Bonchev–Trinajstić information content (AvgIpc) is 3.71. The molecule has 1 fully saturated rings. The molecule has 56 heavy (non-hydrogen) atoms. The second-order valence-corrected chi connectivity index (χ2v) is 13.4. The first kappa shape index (κ1) is 37.4. The number of furan rings is 1. The van der Waals surface area contributed by atoms with Gasteiger partial charge in [0.05, 0.1) is 10.6 Å². The first-order valence-electron chi connectivity index (χ1n) is 18.2. The Bertz CT molecular complexity index is 2340. The second kappa shape index (κ2) is 17.5. The molecule has 1 unspecified atom stereocenters. The zero-order valence-electron chi connectivity index (χ0n) is 30.4. The second-order valence-electron chi connectivity index (χ2n) is 13.4. The maximum atomic E-state index is 14.3. The van der Waals surface area contributed by atoms with E-state index in [1.807, 2.05) is 54.6 Å². The predicted molar refractivity (Wildman–Crippen MR) is 216 cm³/mol. The number of nitro groups is 1. The highest BCUT2D eigenvalue weighted by Gasteiger charge is 2.31. The molecular formula is C45H39N5O6. The van der Waals surface area contributed by atoms with Crippen LogP contribution in [-0.4, -0.2) is 58.5 Å². The number of nitrogens with one attached hydrogen (secondary N) is 2. The van der Waals surface area contributed by atoms with Crippen molar-refractivity contribution in [3.63, 3.8) is 0 Å². The van der Waals surface area contributed by atoms with Crippen molar-refractivity contribution in [1.29, 1.82) is 0 Å². The van der Waals surface area contributed by atoms with Gasteiger partial charge in [0, 0.05) is 73.3 Å². The molecule has 280 valence electrons. The van der Waals surface area contributed by atoms with E-state index in [2.05, 4.69) is 32.6 Å². The minimum Gasteiger partial charge on any atom is -0.457 e. The number of benzene rings is 5. The Morgan fingerprint density at radius 3 is 2.09 bits per heavy atom. The van der Waals surface area contributed by atoms with Crippen molar-refractivity contribution >= 4 is 40.7 Å². The summed E-state index contributed by atoms with van der Waals surface area (Å²) in [5.41, 5.74) is 4.07. The van der Waals surface area contributed by atoms with E-state index in [-0.39, 0.29) is 22.9 Å². The van der Waals surface area contributed by atoms with Crippen LogP contribution in [0.3, 0.4) is 0 Å². The van der Waals surface area contributed by atoms with E-state index in [1.165, 1.54) is 29.8 Å². The van der Waals surface area contributed by atoms with Crippen LogP contribution in [0, 0.1) is 10.1 Å². The summed E-state index contributed by atoms with van der Waals surface area (Å²) in [5, 5.41) is 16.9. The van der Waals surface area contributed by atoms with Crippen molar-refractivity contribution in [2.45, 2.75) is 12.6 Å². The van der Waals surface area contributed by atoms with Gasteiger partial charge in [0.25, 0.3) is 5.69 Å². The van der Waals surface area contributed by atoms with Crippen LogP contribution in [0.15, 0.2) is 156 Å². The van der Waals surface area contributed by atoms with Crippen molar-refractivity contribution in [1.82, 2.24) is 9.80 Å². The number of ketones is 1. The number of piperazine rings is 1. The molecule has 0 spiro atoms. The molecule has 1 aliphatic heterocycles. The van der Waals surface area contributed by atoms with Gasteiger partial charge in [0.15, 0.2) is 5.78 Å². The summed E-state index contributed by atoms with van der Waals surface area (Å²) in [6.45, 7) is 3.81. The maximum Gasteiger partial charge on any atom is 0.269 e. The summed E-state index contributed by atoms with van der Waals surface area (Å²) < 4.78 is 5.82. The monoisotopic (exact) mass is 745 g/mol. The van der Waals surface area contributed by atoms with Gasteiger partial charge in [-0.05, 0) is 59.7 Å². The van der Waals surface area contributed by atoms with Gasteiger partial charge in [0.1, 0.15) is 17.6 Å². The SMILES string of the molecule is O=C(/C=C/c1ccc(-c2ccc([N+](=O)[O-])cc2)o1)Nc1ccc(NC(=O)C(c2ccccc2)N2CCN(Cc3ccccc3)CC2)c(C(=O)c2ccccc2)c1. The van der Waals surface area contributed by atoms with Crippen LogP contribution in [-0.2, 0) is 16.1 Å². The van der Waals surface area contributed by atoms with Crippen LogP contribution in [0.2, 0.25) is 0 Å². The Morgan fingerprint density at radius 1 is 0.750 bits per heavy atom. The third-order valence-corrected chi connectivity index (χ3v) is 9.60. The van der Waals surface area contributed by atoms with Crippen molar-refractivity contribution in [3.8, 4) is 11.3 Å². The summed E-state index contributed by atoms with van der Waals surface area (Å²) in [6.07, 6.45) is 2.80. The smallest absolute Gasteiger partial charge is 0.269 e. The summed E-state index contributed by atoms with van der Waals surface area (Å²) in [7, 11) is 0. The molecule has 2 amide bonds. The molecule has 11 nitrogen and oxygen atoms in total. The van der Waals surface area contributed by atoms with Crippen LogP contribution in [0.4, 0.5) is 17.1 Å². The number of nitro benzene ring substituents is 1. The Balaban J connectivity index is 1.08. The lowest BCUT2D eigenvalue weighted by atomic mass is 9.99. The van der Waals surface area contributed by atoms with E-state index in [4.69, 9.17) is 4.42 Å². The van der Waals surface area contributed by atoms with Gasteiger partial charge in [-0.1, -0.05) is 91.0 Å². The molecule has 1 atom stereocenters. The first-order chi connectivity index (χ1) is 27.3. The summed E-state index contributed by atoms with van der Waals surface area (Å²) >= 11 is 0. The number of rotatable bonds is 13. The van der Waals surface area contributed by atoms with Crippen molar-refractivity contribution in [2.75, 3.05) is 36.8 Å². The van der Waals surface area contributed by atoms with Gasteiger partial charge < -0.3 is 15.1 Å². The molecular weight excluding hydrogens is 707 g/mol. The van der Waals surface area contributed by atoms with E-state index in [0.717, 1.165) is 25.2 Å². The number of carbonyl (C=O) groups excluding carboxylic acids is 3. The highest BCUT2D eigenvalue weighted by Crippen LogP contribution is 2.29. The number of carbonyl (C=O) groups is 3. The van der Waals surface area contributed by atoms with Gasteiger partial charge in [-0.25, -0.2) is 0 Å². The minimum atomic E-state index is -0.596. The zero-order chi connectivity index (χ0) is 38.9. The van der Waals surface area contributed by atoms with Gasteiger partial charge in [-0.3, -0.25) is 34.3 Å². The highest BCUT2D eigenvalue weighted by molar-refractivity contribution is 6.15. The molecule has 0 saturated carbocycles. The standard InChI is InChI=1S/C45H39N5O6/c51-42(25-22-38-21-24-41(56-38)33-16-19-37(20-17-33)50(54)55)46-36-18-23-40(39(30-36)44(52)35-14-8-3-9-15-35)47-45(53)43(34-12-6-2-7-13-34)49-28-26-48(27-29-49)31-32-10-4-1-5-11-32/h1-25,30,43H,26-29,31H2,(H,46,51)(H,47,53)/b25-22+. The molecule has 11 heteroatoms. The van der Waals surface area contributed by atoms with Crippen LogP contribution < -0.4 is 10.6 Å². The molecule has 5 aromatic carbocycles. The van der Waals surface area contributed by atoms with E-state index in [0.29, 0.717) is 47.1 Å². The number of hydrogen-bond acceptors (Lipinski definition) is 8. The van der Waals surface area contributed by atoms with Crippen LogP contribution in [0.25, 0.3) is 17.4 Å². The topological polar surface area (TPSA) is 138 Å². The molecule has 1 aromatic heterocycles. The van der Waals surface area contributed by atoms with Gasteiger partial charge in [-0.2, -0.15) is 0 Å². The van der Waals surface area contributed by atoms with Gasteiger partial charge in [-0.15, -0.1) is 0 Å². The molecule has 6 aromatic rings. The normalized spacial score (nSPS) is 13.9. The lowest BCUT2D eigenvalue weighted by molar-refractivity contribution is -0.384. The first-order valence-corrected chi connectivity index (χ1v) is 18.2. The molecule has 0 radical (unpaired) electrons. The Labute approximate surface area is 324 Å². The molecule has 1 saturated heterocycles. The minimum absolute atomic E-state index is 0.0264. The lowest BCUT2D eigenvalue weighted by Crippen LogP contribution is -2.49. The number of anilines is 2. The quantitative estimate of drug-likeness (QED) is 0.0522. The molecule has 7 rings (SSSR count). The summed E-state index contributed by atoms with van der Waals surface area (Å²) in [4.78, 5) is 56.4. The van der Waals surface area contributed by atoms with Gasteiger partial charge in [0.2, 0.25) is 11.8 Å². The number of hydrogen-bond donors (Lipinski definition) is 2. The fraction of sp³-hybridized carbons (Fsp3) is 0.133. The van der Waals surface area contributed by atoms with Crippen LogP contribution >= 0.6 is 0 Å². The van der Waals surface area contributed by atoms with Crippen molar-refractivity contribution < 1.29 is 23.7 Å². The Morgan fingerprint density at radius 2 is 1.41 bits per heavy atom. The number of nitrogens with zero attached hydrogens (tertiary/aromatic N) is 3. The fourth-order valence-electron chi connectivity index (χ4n) is 6.74. The van der Waals surface area contributed by atoms with Crippen molar-refractivity contribution in [3.05, 3.63) is 190 Å². The largest absolute Gasteiger partial charge is 0.457 e. The molecule has 2 heterocycles. The van der Waals surface area contributed by atoms with E-state index in [1.54, 1.807) is 66.7 Å². The summed E-state index contributed by atoms with van der Waals surface area (Å²) in [6, 6.07) is 42.4. The van der Waals surface area contributed by atoms with E-state index in [9.17, 15) is 24.5 Å². The molecule has 2 N–H and O–H groups in total. The zero-order valence-corrected chi connectivity index (χ0v) is 30.4. The van der Waals surface area contributed by atoms with E-state index >= 15 is 0 Å². The van der Waals surface area contributed by atoms with Crippen molar-refractivity contribution in [2.24, 2.45) is 0 Å². The number of non-ortho nitro benzene ring substituents is 1. The highest BCUT2D eigenvalue weighted by atomic mass is 16.6.